The van der Waals surface area contributed by atoms with Gasteiger partial charge in [-0.25, -0.2) is 9.36 Å². The lowest BCUT2D eigenvalue weighted by atomic mass is 10.2. The molecule has 4 rings (SSSR count). The molecule has 2 N–H and O–H groups in total. The van der Waals surface area contributed by atoms with Gasteiger partial charge in [-0.05, 0) is 62.6 Å². The Kier molecular flexibility index (Phi) is 5.96. The number of anilines is 1. The second-order valence-corrected chi connectivity index (χ2v) is 7.19. The van der Waals surface area contributed by atoms with Crippen LogP contribution in [0.4, 0.5) is 11.4 Å². The summed E-state index contributed by atoms with van der Waals surface area (Å²) in [6.07, 6.45) is 7.35. The topological polar surface area (TPSA) is 105 Å². The standard InChI is InChI=1S/C11H11N3O2.C11H13N3/c1-8-6-12-13(7-8)10-4-3-9(2)11(5-10)14(15)16;1-8-6-13-14(7-8)10-4-3-9(2)11(12)5-10/h3-7H,1-2H3;3-7H,12H2,1-2H3. The van der Waals surface area contributed by atoms with Crippen molar-refractivity contribution in [1.29, 1.82) is 0 Å². The molecular weight excluding hydrogens is 380 g/mol. The van der Waals surface area contributed by atoms with Gasteiger partial charge < -0.3 is 5.73 Å². The summed E-state index contributed by atoms with van der Waals surface area (Å²) in [5.74, 6) is 0. The predicted octanol–water partition coefficient (Wildman–Crippen LogP) is 4.47. The minimum atomic E-state index is -0.380. The van der Waals surface area contributed by atoms with Crippen LogP contribution in [0.25, 0.3) is 11.4 Å². The fourth-order valence-electron chi connectivity index (χ4n) is 2.82. The Hall–Kier alpha value is -3.94. The monoisotopic (exact) mass is 404 g/mol. The van der Waals surface area contributed by atoms with Crippen LogP contribution in [0.15, 0.2) is 61.2 Å². The first-order valence-corrected chi connectivity index (χ1v) is 9.39. The molecule has 0 aliphatic heterocycles. The van der Waals surface area contributed by atoms with Crippen LogP contribution in [0, 0.1) is 37.8 Å². The largest absolute Gasteiger partial charge is 0.398 e. The summed E-state index contributed by atoms with van der Waals surface area (Å²) in [5, 5.41) is 19.1. The lowest BCUT2D eigenvalue weighted by molar-refractivity contribution is -0.385. The van der Waals surface area contributed by atoms with E-state index in [2.05, 4.69) is 10.2 Å². The summed E-state index contributed by atoms with van der Waals surface area (Å²) in [4.78, 5) is 10.4. The number of nitro groups is 1. The fourth-order valence-corrected chi connectivity index (χ4v) is 2.82. The van der Waals surface area contributed by atoms with Crippen LogP contribution in [-0.4, -0.2) is 24.5 Å². The van der Waals surface area contributed by atoms with E-state index in [1.54, 1.807) is 23.9 Å². The Morgan fingerprint density at radius 2 is 1.33 bits per heavy atom. The molecule has 0 radical (unpaired) electrons. The first-order chi connectivity index (χ1) is 14.2. The van der Waals surface area contributed by atoms with E-state index in [9.17, 15) is 10.1 Å². The Morgan fingerprint density at radius 1 is 0.833 bits per heavy atom. The molecule has 8 nitrogen and oxygen atoms in total. The maximum absolute atomic E-state index is 10.8. The van der Waals surface area contributed by atoms with Crippen LogP contribution in [0.3, 0.4) is 0 Å². The zero-order chi connectivity index (χ0) is 21.8. The Labute approximate surface area is 174 Å². The van der Waals surface area contributed by atoms with E-state index in [1.165, 1.54) is 6.07 Å². The van der Waals surface area contributed by atoms with Crippen LogP contribution in [-0.2, 0) is 0 Å². The number of nitrogens with two attached hydrogens (primary N) is 1. The summed E-state index contributed by atoms with van der Waals surface area (Å²) >= 11 is 0. The average molecular weight is 404 g/mol. The van der Waals surface area contributed by atoms with Gasteiger partial charge in [0.05, 0.1) is 28.7 Å². The zero-order valence-electron chi connectivity index (χ0n) is 17.4. The maximum atomic E-state index is 10.8. The van der Waals surface area contributed by atoms with Crippen molar-refractivity contribution in [3.63, 3.8) is 0 Å². The van der Waals surface area contributed by atoms with Gasteiger partial charge in [-0.1, -0.05) is 12.1 Å². The normalized spacial score (nSPS) is 10.4. The van der Waals surface area contributed by atoms with Gasteiger partial charge in [-0.2, -0.15) is 10.2 Å². The van der Waals surface area contributed by atoms with Crippen LogP contribution < -0.4 is 5.73 Å². The van der Waals surface area contributed by atoms with Gasteiger partial charge in [-0.15, -0.1) is 0 Å². The van der Waals surface area contributed by atoms with Gasteiger partial charge in [-0.3, -0.25) is 10.1 Å². The Bertz CT molecular complexity index is 1190. The van der Waals surface area contributed by atoms with Crippen molar-refractivity contribution in [3.8, 4) is 11.4 Å². The average Bonchev–Trinajstić information content (AvgIpc) is 3.33. The third-order valence-corrected chi connectivity index (χ3v) is 4.60. The molecule has 0 amide bonds. The van der Waals surface area contributed by atoms with E-state index in [0.717, 1.165) is 28.1 Å². The van der Waals surface area contributed by atoms with Gasteiger partial charge in [0.2, 0.25) is 0 Å². The van der Waals surface area contributed by atoms with Crippen molar-refractivity contribution >= 4 is 11.4 Å². The van der Waals surface area contributed by atoms with Crippen LogP contribution >= 0.6 is 0 Å². The molecule has 8 heteroatoms. The smallest absolute Gasteiger partial charge is 0.274 e. The van der Waals surface area contributed by atoms with E-state index in [0.29, 0.717) is 11.3 Å². The molecule has 0 saturated heterocycles. The quantitative estimate of drug-likeness (QED) is 0.308. The van der Waals surface area contributed by atoms with Crippen molar-refractivity contribution in [1.82, 2.24) is 19.6 Å². The minimum Gasteiger partial charge on any atom is -0.398 e. The number of aromatic nitrogens is 4. The molecule has 0 aliphatic rings. The zero-order valence-corrected chi connectivity index (χ0v) is 17.4. The number of aryl methyl sites for hydroxylation is 4. The van der Waals surface area contributed by atoms with Crippen molar-refractivity contribution < 1.29 is 4.92 Å². The SMILES string of the molecule is Cc1cnn(-c2ccc(C)c(N)c2)c1.Cc1cnn(-c2ccc(C)c([N+](=O)[O-])c2)c1. The fraction of sp³-hybridized carbons (Fsp3) is 0.182. The van der Waals surface area contributed by atoms with E-state index in [4.69, 9.17) is 5.73 Å². The molecule has 0 unspecified atom stereocenters. The first-order valence-electron chi connectivity index (χ1n) is 9.39. The molecule has 30 heavy (non-hydrogen) atoms. The third-order valence-electron chi connectivity index (χ3n) is 4.60. The molecule has 4 aromatic rings. The summed E-state index contributed by atoms with van der Waals surface area (Å²) in [6, 6.07) is 11.0. The Morgan fingerprint density at radius 3 is 1.77 bits per heavy atom. The summed E-state index contributed by atoms with van der Waals surface area (Å²) < 4.78 is 3.45. The highest BCUT2D eigenvalue weighted by Gasteiger charge is 2.12. The number of rotatable bonds is 3. The van der Waals surface area contributed by atoms with Crippen LogP contribution in [0.1, 0.15) is 22.3 Å². The minimum absolute atomic E-state index is 0.116. The molecule has 0 fully saturated rings. The highest BCUT2D eigenvalue weighted by molar-refractivity contribution is 5.53. The summed E-state index contributed by atoms with van der Waals surface area (Å²) in [5.41, 5.74) is 12.3. The molecule has 0 spiro atoms. The van der Waals surface area contributed by atoms with Gasteiger partial charge in [0.25, 0.3) is 5.69 Å². The molecular formula is C22H24N6O2. The number of hydrogen-bond donors (Lipinski definition) is 1. The molecule has 0 bridgehead atoms. The molecule has 0 aliphatic carbocycles. The second-order valence-electron chi connectivity index (χ2n) is 7.19. The number of nitrogens with zero attached hydrogens (tertiary/aromatic N) is 5. The van der Waals surface area contributed by atoms with E-state index in [1.807, 2.05) is 68.3 Å². The molecule has 2 aromatic heterocycles. The molecule has 2 heterocycles. The van der Waals surface area contributed by atoms with Crippen molar-refractivity contribution in [3.05, 3.63) is 93.6 Å². The lowest BCUT2D eigenvalue weighted by Crippen LogP contribution is -1.97. The van der Waals surface area contributed by atoms with E-state index in [-0.39, 0.29) is 10.6 Å². The number of hydrogen-bond acceptors (Lipinski definition) is 5. The molecule has 0 atom stereocenters. The molecule has 0 saturated carbocycles. The maximum Gasteiger partial charge on any atom is 0.274 e. The third kappa shape index (κ3) is 4.72. The van der Waals surface area contributed by atoms with Crippen molar-refractivity contribution in [2.75, 3.05) is 5.73 Å². The van der Waals surface area contributed by atoms with Crippen molar-refractivity contribution in [2.24, 2.45) is 0 Å². The summed E-state index contributed by atoms with van der Waals surface area (Å²) in [7, 11) is 0. The van der Waals surface area contributed by atoms with Gasteiger partial charge >= 0.3 is 0 Å². The molecule has 154 valence electrons. The van der Waals surface area contributed by atoms with E-state index < -0.39 is 0 Å². The highest BCUT2D eigenvalue weighted by atomic mass is 16.6. The van der Waals surface area contributed by atoms with Gasteiger partial charge in [0.1, 0.15) is 0 Å². The second kappa shape index (κ2) is 8.60. The number of nitro benzene ring substituents is 1. The van der Waals surface area contributed by atoms with Gasteiger partial charge in [0, 0.05) is 29.7 Å². The lowest BCUT2D eigenvalue weighted by Gasteiger charge is -2.04. The van der Waals surface area contributed by atoms with Crippen LogP contribution in [0.2, 0.25) is 0 Å². The van der Waals surface area contributed by atoms with Crippen molar-refractivity contribution in [2.45, 2.75) is 27.7 Å². The summed E-state index contributed by atoms with van der Waals surface area (Å²) in [6.45, 7) is 7.65. The number of nitrogen functional groups attached to an aromatic ring is 1. The van der Waals surface area contributed by atoms with E-state index >= 15 is 0 Å². The van der Waals surface area contributed by atoms with Gasteiger partial charge in [0.15, 0.2) is 0 Å². The number of benzene rings is 2. The molecule has 2 aromatic carbocycles. The first kappa shape index (κ1) is 20.8. The predicted molar refractivity (Wildman–Crippen MR) is 117 cm³/mol. The highest BCUT2D eigenvalue weighted by Crippen LogP contribution is 2.21. The Balaban J connectivity index is 0.000000172. The van der Waals surface area contributed by atoms with Crippen LogP contribution in [0.5, 0.6) is 0 Å².